The molecule has 0 unspecified atom stereocenters. The van der Waals surface area contributed by atoms with Crippen LogP contribution in [0.15, 0.2) is 0 Å². The molecule has 0 aliphatic carbocycles. The second-order valence-corrected chi connectivity index (χ2v) is 3.68. The highest BCUT2D eigenvalue weighted by atomic mass is 16.7. The number of hydrogen-bond donors (Lipinski definition) is 0. The Bertz CT molecular complexity index is 97.7. The fourth-order valence-corrected chi connectivity index (χ4v) is 1.25. The van der Waals surface area contributed by atoms with Crippen LogP contribution in [0, 0.1) is 5.92 Å². The maximum Gasteiger partial charge on any atom is 0.0708 e. The molecule has 0 spiro atoms. The summed E-state index contributed by atoms with van der Waals surface area (Å²) in [6, 6.07) is 0. The van der Waals surface area contributed by atoms with Gasteiger partial charge in [-0.15, -0.1) is 0 Å². The molecule has 0 radical (unpaired) electrons. The number of nitrogens with zero attached hydrogens (tertiary/aromatic N) is 1. The zero-order valence-corrected chi connectivity index (χ0v) is 7.68. The van der Waals surface area contributed by atoms with Crippen LogP contribution >= 0.6 is 0 Å². The Hall–Kier alpha value is -0.0800. The molecule has 0 aromatic heterocycles. The van der Waals surface area contributed by atoms with E-state index < -0.39 is 0 Å². The van der Waals surface area contributed by atoms with Gasteiger partial charge in [0, 0.05) is 13.1 Å². The molecule has 1 saturated heterocycles. The van der Waals surface area contributed by atoms with Crippen LogP contribution < -0.4 is 0 Å². The minimum atomic E-state index is 0.650. The first-order valence-electron chi connectivity index (χ1n) is 4.67. The predicted octanol–water partition coefficient (Wildman–Crippen LogP) is 2.06. The second kappa shape index (κ2) is 4.73. The van der Waals surface area contributed by atoms with Gasteiger partial charge in [0.2, 0.25) is 0 Å². The third-order valence-electron chi connectivity index (χ3n) is 1.91. The molecule has 1 rings (SSSR count). The summed E-state index contributed by atoms with van der Waals surface area (Å²) < 4.78 is 0. The van der Waals surface area contributed by atoms with Gasteiger partial charge in [0.05, 0.1) is 6.61 Å². The van der Waals surface area contributed by atoms with Gasteiger partial charge in [0.25, 0.3) is 0 Å². The quantitative estimate of drug-likeness (QED) is 0.621. The topological polar surface area (TPSA) is 12.5 Å². The van der Waals surface area contributed by atoms with E-state index in [0.717, 1.165) is 19.7 Å². The minimum absolute atomic E-state index is 0.650. The molecule has 2 heteroatoms. The Labute approximate surface area is 69.5 Å². The zero-order valence-electron chi connectivity index (χ0n) is 7.68. The molecule has 0 aromatic carbocycles. The van der Waals surface area contributed by atoms with E-state index in [4.69, 9.17) is 4.84 Å². The van der Waals surface area contributed by atoms with Gasteiger partial charge in [-0.1, -0.05) is 20.3 Å². The first-order valence-corrected chi connectivity index (χ1v) is 4.67. The molecule has 0 amide bonds. The normalized spacial score (nSPS) is 21.0. The lowest BCUT2D eigenvalue weighted by Gasteiger charge is -2.26. The Kier molecular flexibility index (Phi) is 3.87. The van der Waals surface area contributed by atoms with Crippen molar-refractivity contribution in [2.45, 2.75) is 33.1 Å². The SMILES string of the molecule is CC(C)CON1CCCCC1. The first kappa shape index (κ1) is 9.01. The molecule has 0 saturated carbocycles. The lowest BCUT2D eigenvalue weighted by Crippen LogP contribution is -2.31. The van der Waals surface area contributed by atoms with Gasteiger partial charge >= 0.3 is 0 Å². The molecule has 11 heavy (non-hydrogen) atoms. The van der Waals surface area contributed by atoms with Crippen LogP contribution in [0.25, 0.3) is 0 Å². The van der Waals surface area contributed by atoms with Gasteiger partial charge in [-0.2, -0.15) is 5.06 Å². The van der Waals surface area contributed by atoms with Crippen molar-refractivity contribution in [2.75, 3.05) is 19.7 Å². The van der Waals surface area contributed by atoms with Gasteiger partial charge in [0.15, 0.2) is 0 Å². The highest BCUT2D eigenvalue weighted by molar-refractivity contribution is 4.56. The third-order valence-corrected chi connectivity index (χ3v) is 1.91. The average molecular weight is 157 g/mol. The molecule has 0 aromatic rings. The van der Waals surface area contributed by atoms with E-state index >= 15 is 0 Å². The molecule has 1 heterocycles. The Morgan fingerprint density at radius 2 is 1.82 bits per heavy atom. The molecule has 0 N–H and O–H groups in total. The molecule has 1 fully saturated rings. The van der Waals surface area contributed by atoms with E-state index in [9.17, 15) is 0 Å². The largest absolute Gasteiger partial charge is 0.299 e. The van der Waals surface area contributed by atoms with Crippen molar-refractivity contribution in [3.05, 3.63) is 0 Å². The standard InChI is InChI=1S/C9H19NO/c1-9(2)8-11-10-6-4-3-5-7-10/h9H,3-8H2,1-2H3. The maximum absolute atomic E-state index is 5.58. The van der Waals surface area contributed by atoms with Crippen molar-refractivity contribution >= 4 is 0 Å². The summed E-state index contributed by atoms with van der Waals surface area (Å²) in [4.78, 5) is 5.58. The van der Waals surface area contributed by atoms with Crippen LogP contribution in [0.4, 0.5) is 0 Å². The zero-order chi connectivity index (χ0) is 8.10. The minimum Gasteiger partial charge on any atom is -0.299 e. The fraction of sp³-hybridized carbons (Fsp3) is 1.00. The van der Waals surface area contributed by atoms with Crippen molar-refractivity contribution in [2.24, 2.45) is 5.92 Å². The van der Waals surface area contributed by atoms with Crippen LogP contribution in [0.2, 0.25) is 0 Å². The van der Waals surface area contributed by atoms with E-state index in [2.05, 4.69) is 18.9 Å². The van der Waals surface area contributed by atoms with Gasteiger partial charge in [-0.05, 0) is 18.8 Å². The molecule has 0 atom stereocenters. The molecule has 0 bridgehead atoms. The van der Waals surface area contributed by atoms with Gasteiger partial charge in [-0.25, -0.2) is 0 Å². The molecular weight excluding hydrogens is 138 g/mol. The Morgan fingerprint density at radius 1 is 1.18 bits per heavy atom. The summed E-state index contributed by atoms with van der Waals surface area (Å²) in [5, 5.41) is 2.11. The number of hydroxylamine groups is 2. The Morgan fingerprint density at radius 3 is 2.36 bits per heavy atom. The van der Waals surface area contributed by atoms with E-state index in [1.165, 1.54) is 19.3 Å². The van der Waals surface area contributed by atoms with E-state index in [1.54, 1.807) is 0 Å². The van der Waals surface area contributed by atoms with Gasteiger partial charge in [-0.3, -0.25) is 4.84 Å². The lowest BCUT2D eigenvalue weighted by atomic mass is 10.2. The highest BCUT2D eigenvalue weighted by Crippen LogP contribution is 2.09. The molecule has 66 valence electrons. The van der Waals surface area contributed by atoms with Crippen molar-refractivity contribution < 1.29 is 4.84 Å². The lowest BCUT2D eigenvalue weighted by molar-refractivity contribution is -0.175. The summed E-state index contributed by atoms with van der Waals surface area (Å²) in [6.45, 7) is 7.51. The van der Waals surface area contributed by atoms with Crippen molar-refractivity contribution in [3.63, 3.8) is 0 Å². The van der Waals surface area contributed by atoms with Crippen LogP contribution in [-0.4, -0.2) is 24.8 Å². The smallest absolute Gasteiger partial charge is 0.0708 e. The van der Waals surface area contributed by atoms with E-state index in [1.807, 2.05) is 0 Å². The van der Waals surface area contributed by atoms with Crippen LogP contribution in [0.3, 0.4) is 0 Å². The number of piperidine rings is 1. The Balaban J connectivity index is 2.05. The number of rotatable bonds is 3. The van der Waals surface area contributed by atoms with Crippen LogP contribution in [-0.2, 0) is 4.84 Å². The van der Waals surface area contributed by atoms with Gasteiger partial charge in [0.1, 0.15) is 0 Å². The average Bonchev–Trinajstić information content (AvgIpc) is 2.03. The molecule has 2 nitrogen and oxygen atoms in total. The van der Waals surface area contributed by atoms with Crippen LogP contribution in [0.1, 0.15) is 33.1 Å². The van der Waals surface area contributed by atoms with Crippen molar-refractivity contribution in [1.29, 1.82) is 0 Å². The summed E-state index contributed by atoms with van der Waals surface area (Å²) in [7, 11) is 0. The highest BCUT2D eigenvalue weighted by Gasteiger charge is 2.10. The van der Waals surface area contributed by atoms with E-state index in [0.29, 0.717) is 5.92 Å². The van der Waals surface area contributed by atoms with Crippen LogP contribution in [0.5, 0.6) is 0 Å². The summed E-state index contributed by atoms with van der Waals surface area (Å²) >= 11 is 0. The number of hydrogen-bond acceptors (Lipinski definition) is 2. The van der Waals surface area contributed by atoms with Crippen molar-refractivity contribution in [1.82, 2.24) is 5.06 Å². The summed E-state index contributed by atoms with van der Waals surface area (Å²) in [6.07, 6.45) is 3.98. The van der Waals surface area contributed by atoms with E-state index in [-0.39, 0.29) is 0 Å². The summed E-state index contributed by atoms with van der Waals surface area (Å²) in [5.41, 5.74) is 0. The predicted molar refractivity (Wildman–Crippen MR) is 46.2 cm³/mol. The molecule has 1 aliphatic rings. The fourth-order valence-electron chi connectivity index (χ4n) is 1.25. The third kappa shape index (κ3) is 3.73. The maximum atomic E-state index is 5.58. The van der Waals surface area contributed by atoms with Crippen molar-refractivity contribution in [3.8, 4) is 0 Å². The monoisotopic (exact) mass is 157 g/mol. The first-order chi connectivity index (χ1) is 5.29. The second-order valence-electron chi connectivity index (χ2n) is 3.68. The molecule has 1 aliphatic heterocycles. The van der Waals surface area contributed by atoms with Gasteiger partial charge < -0.3 is 0 Å². The molecular formula is C9H19NO. The summed E-state index contributed by atoms with van der Waals surface area (Å²) in [5.74, 6) is 0.650.